The Morgan fingerprint density at radius 1 is 1.12 bits per heavy atom. The van der Waals surface area contributed by atoms with E-state index in [2.05, 4.69) is 14.9 Å². The fourth-order valence-electron chi connectivity index (χ4n) is 4.68. The Morgan fingerprint density at radius 2 is 1.88 bits per heavy atom. The molecular formula is C24H26ClN5O2. The average molecular weight is 452 g/mol. The molecule has 5 rings (SSSR count). The first-order chi connectivity index (χ1) is 15.3. The van der Waals surface area contributed by atoms with Crippen molar-refractivity contribution < 1.29 is 9.53 Å². The summed E-state index contributed by atoms with van der Waals surface area (Å²) in [4.78, 5) is 30.5. The number of halogens is 1. The molecule has 7 nitrogen and oxygen atoms in total. The van der Waals surface area contributed by atoms with Crippen LogP contribution in [0.15, 0.2) is 42.7 Å². The molecule has 1 amide bonds. The van der Waals surface area contributed by atoms with E-state index in [9.17, 15) is 4.79 Å². The van der Waals surface area contributed by atoms with Crippen LogP contribution in [0.1, 0.15) is 33.6 Å². The van der Waals surface area contributed by atoms with Crippen molar-refractivity contribution in [2.75, 3.05) is 18.0 Å². The third kappa shape index (κ3) is 3.97. The number of nitrogens with zero attached hydrogens (tertiary/aromatic N) is 5. The van der Waals surface area contributed by atoms with E-state index in [4.69, 9.17) is 21.3 Å². The van der Waals surface area contributed by atoms with E-state index in [-0.39, 0.29) is 18.2 Å². The van der Waals surface area contributed by atoms with Crippen LogP contribution in [0.2, 0.25) is 5.15 Å². The molecule has 2 aliphatic rings. The number of pyridine rings is 3. The molecule has 3 aromatic heterocycles. The smallest absolute Gasteiger partial charge is 0.410 e. The van der Waals surface area contributed by atoms with Gasteiger partial charge in [-0.1, -0.05) is 11.6 Å². The molecule has 2 atom stereocenters. The molecule has 2 fully saturated rings. The molecule has 0 saturated carbocycles. The second kappa shape index (κ2) is 7.89. The van der Waals surface area contributed by atoms with Gasteiger partial charge in [-0.3, -0.25) is 9.88 Å². The topological polar surface area (TPSA) is 71.5 Å². The number of piperazine rings is 1. The molecule has 0 radical (unpaired) electrons. The summed E-state index contributed by atoms with van der Waals surface area (Å²) in [7, 11) is 0. The minimum absolute atomic E-state index is 0.148. The molecule has 2 aliphatic heterocycles. The highest BCUT2D eigenvalue weighted by molar-refractivity contribution is 6.30. The van der Waals surface area contributed by atoms with E-state index in [1.807, 2.05) is 56.1 Å². The van der Waals surface area contributed by atoms with Crippen molar-refractivity contribution in [2.24, 2.45) is 0 Å². The summed E-state index contributed by atoms with van der Waals surface area (Å²) >= 11 is 6.22. The molecule has 2 unspecified atom stereocenters. The van der Waals surface area contributed by atoms with Crippen molar-refractivity contribution in [2.45, 2.75) is 51.3 Å². The van der Waals surface area contributed by atoms with Crippen molar-refractivity contribution in [3.05, 3.63) is 47.9 Å². The average Bonchev–Trinajstić information content (AvgIpc) is 3.02. The first-order valence-electron chi connectivity index (χ1n) is 10.9. The zero-order chi connectivity index (χ0) is 22.5. The van der Waals surface area contributed by atoms with Gasteiger partial charge in [-0.05, 0) is 57.9 Å². The van der Waals surface area contributed by atoms with Gasteiger partial charge in [-0.25, -0.2) is 14.8 Å². The van der Waals surface area contributed by atoms with E-state index >= 15 is 0 Å². The molecule has 8 heteroatoms. The number of fused-ring (bicyclic) bond motifs is 3. The number of rotatable bonds is 2. The summed E-state index contributed by atoms with van der Waals surface area (Å²) in [6.07, 6.45) is 5.35. The van der Waals surface area contributed by atoms with Gasteiger partial charge in [-0.15, -0.1) is 0 Å². The van der Waals surface area contributed by atoms with Crippen molar-refractivity contribution in [3.63, 3.8) is 0 Å². The lowest BCUT2D eigenvalue weighted by Crippen LogP contribution is -2.57. The minimum Gasteiger partial charge on any atom is -0.444 e. The van der Waals surface area contributed by atoms with Gasteiger partial charge in [0.05, 0.1) is 23.3 Å². The quantitative estimate of drug-likeness (QED) is 0.514. The highest BCUT2D eigenvalue weighted by Gasteiger charge is 2.44. The molecule has 166 valence electrons. The number of aromatic nitrogens is 3. The van der Waals surface area contributed by atoms with E-state index in [1.54, 1.807) is 12.3 Å². The Hall–Kier alpha value is -2.93. The van der Waals surface area contributed by atoms with Gasteiger partial charge in [0, 0.05) is 42.5 Å². The number of carbonyl (C=O) groups excluding carboxylic acids is 1. The minimum atomic E-state index is -0.487. The Morgan fingerprint density at radius 3 is 2.53 bits per heavy atom. The normalized spacial score (nSPS) is 20.6. The van der Waals surface area contributed by atoms with Gasteiger partial charge in [0.1, 0.15) is 16.6 Å². The first-order valence-corrected chi connectivity index (χ1v) is 11.3. The highest BCUT2D eigenvalue weighted by atomic mass is 35.5. The largest absolute Gasteiger partial charge is 0.444 e. The summed E-state index contributed by atoms with van der Waals surface area (Å²) in [5.74, 6) is 0.902. The summed E-state index contributed by atoms with van der Waals surface area (Å²) in [6, 6.07) is 9.98. The van der Waals surface area contributed by atoms with Gasteiger partial charge in [-0.2, -0.15) is 0 Å². The summed E-state index contributed by atoms with van der Waals surface area (Å²) in [5.41, 5.74) is 1.99. The highest BCUT2D eigenvalue weighted by Crippen LogP contribution is 2.34. The Labute approximate surface area is 192 Å². The maximum atomic E-state index is 12.7. The third-order valence-corrected chi connectivity index (χ3v) is 6.19. The van der Waals surface area contributed by atoms with Crippen LogP contribution in [0.25, 0.3) is 22.2 Å². The lowest BCUT2D eigenvalue weighted by molar-refractivity contribution is 0.0123. The zero-order valence-corrected chi connectivity index (χ0v) is 19.2. The van der Waals surface area contributed by atoms with Crippen LogP contribution >= 0.6 is 11.6 Å². The van der Waals surface area contributed by atoms with E-state index in [1.165, 1.54) is 0 Å². The van der Waals surface area contributed by atoms with Crippen molar-refractivity contribution in [1.82, 2.24) is 19.9 Å². The van der Waals surface area contributed by atoms with Gasteiger partial charge in [0.2, 0.25) is 0 Å². The van der Waals surface area contributed by atoms with Crippen LogP contribution in [-0.2, 0) is 4.74 Å². The molecule has 2 saturated heterocycles. The number of hydrogen-bond donors (Lipinski definition) is 0. The number of amides is 1. The predicted molar refractivity (Wildman–Crippen MR) is 125 cm³/mol. The zero-order valence-electron chi connectivity index (χ0n) is 18.5. The maximum Gasteiger partial charge on any atom is 0.410 e. The fourth-order valence-corrected chi connectivity index (χ4v) is 4.87. The molecule has 0 spiro atoms. The number of anilines is 1. The second-order valence-electron chi connectivity index (χ2n) is 9.45. The predicted octanol–water partition coefficient (Wildman–Crippen LogP) is 4.93. The number of carbonyl (C=O) groups is 1. The molecule has 0 N–H and O–H groups in total. The van der Waals surface area contributed by atoms with Crippen LogP contribution in [0.3, 0.4) is 0 Å². The van der Waals surface area contributed by atoms with Gasteiger partial charge >= 0.3 is 6.09 Å². The molecule has 0 aromatic carbocycles. The fraction of sp³-hybridized carbons (Fsp3) is 0.417. The van der Waals surface area contributed by atoms with Crippen molar-refractivity contribution in [1.29, 1.82) is 0 Å². The lowest BCUT2D eigenvalue weighted by Gasteiger charge is -2.41. The monoisotopic (exact) mass is 451 g/mol. The van der Waals surface area contributed by atoms with E-state index in [0.717, 1.165) is 53.9 Å². The molecule has 32 heavy (non-hydrogen) atoms. The van der Waals surface area contributed by atoms with Gasteiger partial charge < -0.3 is 9.64 Å². The summed E-state index contributed by atoms with van der Waals surface area (Å²) in [6.45, 7) is 7.22. The third-order valence-electron chi connectivity index (χ3n) is 6.00. The number of ether oxygens (including phenoxy) is 1. The van der Waals surface area contributed by atoms with Crippen LogP contribution < -0.4 is 4.90 Å². The second-order valence-corrected chi connectivity index (χ2v) is 9.83. The SMILES string of the molecule is CC(C)(C)OC(=O)N1C2CCC1CN(c1ccc(-c3nc(Cl)cc4ncccc34)cn1)C2. The Kier molecular flexibility index (Phi) is 5.16. The number of hydrogen-bond acceptors (Lipinski definition) is 6. The first kappa shape index (κ1) is 20.9. The van der Waals surface area contributed by atoms with Gasteiger partial charge in [0.25, 0.3) is 0 Å². The van der Waals surface area contributed by atoms with Crippen molar-refractivity contribution >= 4 is 34.4 Å². The maximum absolute atomic E-state index is 12.7. The lowest BCUT2D eigenvalue weighted by atomic mass is 10.1. The van der Waals surface area contributed by atoms with E-state index < -0.39 is 5.60 Å². The molecule has 3 aromatic rings. The molecule has 0 aliphatic carbocycles. The van der Waals surface area contributed by atoms with Crippen LogP contribution in [0.5, 0.6) is 0 Å². The van der Waals surface area contributed by atoms with E-state index in [0.29, 0.717) is 5.15 Å². The summed E-state index contributed by atoms with van der Waals surface area (Å²) in [5, 5.41) is 1.35. The standard InChI is InChI=1S/C24H26ClN5O2/c1-24(2,3)32-23(31)30-16-7-8-17(30)14-29(13-16)21-9-6-15(12-27-21)22-18-5-4-10-26-19(18)11-20(25)28-22/h4-6,9-12,16-17H,7-8,13-14H2,1-3H3. The van der Waals surface area contributed by atoms with Crippen LogP contribution in [0, 0.1) is 0 Å². The summed E-state index contributed by atoms with van der Waals surface area (Å²) < 4.78 is 5.64. The Bertz CT molecular complexity index is 1150. The Balaban J connectivity index is 1.36. The van der Waals surface area contributed by atoms with Crippen LogP contribution in [-0.4, -0.2) is 56.7 Å². The van der Waals surface area contributed by atoms with Gasteiger partial charge in [0.15, 0.2) is 0 Å². The van der Waals surface area contributed by atoms with Crippen molar-refractivity contribution in [3.8, 4) is 11.3 Å². The molecule has 5 heterocycles. The molecular weight excluding hydrogens is 426 g/mol. The van der Waals surface area contributed by atoms with Crippen LogP contribution in [0.4, 0.5) is 10.6 Å². The molecule has 2 bridgehead atoms.